The molecule has 2 rings (SSSR count). The lowest BCUT2D eigenvalue weighted by atomic mass is 10.3. The van der Waals surface area contributed by atoms with Crippen molar-refractivity contribution in [2.45, 2.75) is 25.1 Å². The van der Waals surface area contributed by atoms with E-state index >= 15 is 0 Å². The zero-order chi connectivity index (χ0) is 9.26. The van der Waals surface area contributed by atoms with E-state index in [1.165, 1.54) is 4.88 Å². The van der Waals surface area contributed by atoms with Crippen molar-refractivity contribution in [3.8, 4) is 0 Å². The molecule has 0 unspecified atom stereocenters. The molecule has 0 saturated carbocycles. The van der Waals surface area contributed by atoms with E-state index in [1.54, 1.807) is 11.3 Å². The molecule has 2 aromatic rings. The second-order valence-corrected chi connectivity index (χ2v) is 4.50. The summed E-state index contributed by atoms with van der Waals surface area (Å²) in [4.78, 5) is 2.29. The molecule has 3 nitrogen and oxygen atoms in total. The smallest absolute Gasteiger partial charge is 0.216 e. The zero-order valence-corrected chi connectivity index (χ0v) is 9.73. The number of halogens is 1. The second kappa shape index (κ2) is 3.75. The molecule has 0 fully saturated rings. The molecule has 0 spiro atoms. The van der Waals surface area contributed by atoms with Crippen LogP contribution in [0.5, 0.6) is 0 Å². The number of nitrogens with zero attached hydrogens (tertiary/aromatic N) is 3. The summed E-state index contributed by atoms with van der Waals surface area (Å²) in [7, 11) is 0. The van der Waals surface area contributed by atoms with Crippen molar-refractivity contribution in [1.29, 1.82) is 0 Å². The molecule has 0 atom stereocenters. The summed E-state index contributed by atoms with van der Waals surface area (Å²) in [6.45, 7) is 2.15. The number of hydrogen-bond donors (Lipinski definition) is 0. The summed E-state index contributed by atoms with van der Waals surface area (Å²) in [5.41, 5.74) is 0. The molecular formula is C8H10BrN3S. The minimum atomic E-state index is 0.895. The van der Waals surface area contributed by atoms with Crippen LogP contribution in [0.25, 0.3) is 4.96 Å². The standard InChI is InChI=1S/C8H10BrN3S/c1-2-3-7-10-11-8-12(7)5-6(4-9)13-8/h5H,2-4H2,1H3. The number of aromatic nitrogens is 3. The van der Waals surface area contributed by atoms with Gasteiger partial charge >= 0.3 is 0 Å². The first-order valence-corrected chi connectivity index (χ1v) is 6.17. The Hall–Kier alpha value is -0.420. The van der Waals surface area contributed by atoms with Crippen LogP contribution in [-0.4, -0.2) is 14.6 Å². The van der Waals surface area contributed by atoms with Gasteiger partial charge in [-0.2, -0.15) is 0 Å². The highest BCUT2D eigenvalue weighted by atomic mass is 79.9. The van der Waals surface area contributed by atoms with E-state index in [1.807, 2.05) is 0 Å². The first-order chi connectivity index (χ1) is 6.35. The van der Waals surface area contributed by atoms with Gasteiger partial charge in [-0.25, -0.2) is 0 Å². The van der Waals surface area contributed by atoms with Crippen LogP contribution in [0.15, 0.2) is 6.20 Å². The van der Waals surface area contributed by atoms with E-state index in [9.17, 15) is 0 Å². The lowest BCUT2D eigenvalue weighted by molar-refractivity contribution is 0.818. The lowest BCUT2D eigenvalue weighted by Crippen LogP contribution is -1.91. The molecule has 0 amide bonds. The number of aryl methyl sites for hydroxylation is 1. The zero-order valence-electron chi connectivity index (χ0n) is 7.33. The SMILES string of the molecule is CCCc1nnc2sc(CBr)cn12. The Morgan fingerprint density at radius 3 is 3.08 bits per heavy atom. The van der Waals surface area contributed by atoms with Crippen molar-refractivity contribution in [2.75, 3.05) is 0 Å². The number of fused-ring (bicyclic) bond motifs is 1. The Bertz CT molecular complexity index is 406. The van der Waals surface area contributed by atoms with Crippen LogP contribution in [0.4, 0.5) is 0 Å². The predicted molar refractivity (Wildman–Crippen MR) is 57.5 cm³/mol. The van der Waals surface area contributed by atoms with Gasteiger partial charge in [0.15, 0.2) is 0 Å². The van der Waals surface area contributed by atoms with Gasteiger partial charge in [0, 0.05) is 22.8 Å². The van der Waals surface area contributed by atoms with Crippen molar-refractivity contribution in [3.05, 3.63) is 16.9 Å². The molecule has 0 bridgehead atoms. The molecule has 2 heterocycles. The van der Waals surface area contributed by atoms with Crippen LogP contribution in [0, 0.1) is 0 Å². The van der Waals surface area contributed by atoms with Gasteiger partial charge in [-0.3, -0.25) is 4.40 Å². The van der Waals surface area contributed by atoms with E-state index in [4.69, 9.17) is 0 Å². The minimum absolute atomic E-state index is 0.895. The van der Waals surface area contributed by atoms with Crippen molar-refractivity contribution < 1.29 is 0 Å². The summed E-state index contributed by atoms with van der Waals surface area (Å²) in [5, 5.41) is 9.14. The summed E-state index contributed by atoms with van der Waals surface area (Å²) in [5.74, 6) is 1.07. The number of thiazole rings is 1. The second-order valence-electron chi connectivity index (χ2n) is 2.85. The Morgan fingerprint density at radius 1 is 1.54 bits per heavy atom. The van der Waals surface area contributed by atoms with Crippen LogP contribution in [0.2, 0.25) is 0 Å². The molecule has 0 radical (unpaired) electrons. The normalized spacial score (nSPS) is 11.2. The molecule has 0 saturated heterocycles. The topological polar surface area (TPSA) is 30.2 Å². The Morgan fingerprint density at radius 2 is 2.38 bits per heavy atom. The third-order valence-corrected chi connectivity index (χ3v) is 3.78. The van der Waals surface area contributed by atoms with Gasteiger partial charge < -0.3 is 0 Å². The fourth-order valence-corrected chi connectivity index (χ4v) is 2.52. The summed E-state index contributed by atoms with van der Waals surface area (Å²) in [6, 6.07) is 0. The molecule has 0 aliphatic heterocycles. The molecule has 0 N–H and O–H groups in total. The van der Waals surface area contributed by atoms with Crippen LogP contribution in [-0.2, 0) is 11.8 Å². The van der Waals surface area contributed by atoms with E-state index in [2.05, 4.69) is 43.6 Å². The largest absolute Gasteiger partial charge is 0.277 e. The summed E-state index contributed by atoms with van der Waals surface area (Å²) >= 11 is 5.12. The molecule has 13 heavy (non-hydrogen) atoms. The third-order valence-electron chi connectivity index (χ3n) is 1.84. The average Bonchev–Trinajstić information content (AvgIpc) is 2.67. The van der Waals surface area contributed by atoms with Gasteiger partial charge in [0.05, 0.1) is 0 Å². The van der Waals surface area contributed by atoms with Gasteiger partial charge in [0.25, 0.3) is 0 Å². The highest BCUT2D eigenvalue weighted by molar-refractivity contribution is 9.08. The van der Waals surface area contributed by atoms with Crippen molar-refractivity contribution in [1.82, 2.24) is 14.6 Å². The van der Waals surface area contributed by atoms with Crippen LogP contribution >= 0.6 is 27.3 Å². The van der Waals surface area contributed by atoms with Gasteiger partial charge in [-0.1, -0.05) is 34.2 Å². The van der Waals surface area contributed by atoms with Crippen molar-refractivity contribution >= 4 is 32.2 Å². The predicted octanol–water partition coefficient (Wildman–Crippen LogP) is 2.64. The van der Waals surface area contributed by atoms with E-state index in [0.717, 1.165) is 29.0 Å². The van der Waals surface area contributed by atoms with Gasteiger partial charge in [0.2, 0.25) is 4.96 Å². The van der Waals surface area contributed by atoms with E-state index in [-0.39, 0.29) is 0 Å². The van der Waals surface area contributed by atoms with Gasteiger partial charge in [-0.05, 0) is 6.42 Å². The quantitative estimate of drug-likeness (QED) is 0.794. The monoisotopic (exact) mass is 259 g/mol. The molecule has 0 aliphatic carbocycles. The van der Waals surface area contributed by atoms with Crippen LogP contribution in [0.1, 0.15) is 24.0 Å². The maximum atomic E-state index is 4.13. The minimum Gasteiger partial charge on any atom is -0.277 e. The Labute approximate surface area is 88.9 Å². The average molecular weight is 260 g/mol. The molecular weight excluding hydrogens is 250 g/mol. The first-order valence-electron chi connectivity index (χ1n) is 4.23. The van der Waals surface area contributed by atoms with E-state index < -0.39 is 0 Å². The molecule has 2 aromatic heterocycles. The lowest BCUT2D eigenvalue weighted by Gasteiger charge is -1.91. The maximum Gasteiger partial charge on any atom is 0.216 e. The highest BCUT2D eigenvalue weighted by Gasteiger charge is 2.07. The number of rotatable bonds is 3. The van der Waals surface area contributed by atoms with Crippen molar-refractivity contribution in [3.63, 3.8) is 0 Å². The Balaban J connectivity index is 2.46. The molecule has 70 valence electrons. The van der Waals surface area contributed by atoms with E-state index in [0.29, 0.717) is 0 Å². The van der Waals surface area contributed by atoms with Crippen LogP contribution < -0.4 is 0 Å². The first kappa shape index (κ1) is 9.15. The highest BCUT2D eigenvalue weighted by Crippen LogP contribution is 2.19. The number of alkyl halides is 1. The maximum absolute atomic E-state index is 4.13. The molecule has 0 aliphatic rings. The fraction of sp³-hybridized carbons (Fsp3) is 0.500. The summed E-state index contributed by atoms with van der Waals surface area (Å²) < 4.78 is 2.09. The Kier molecular flexibility index (Phi) is 2.64. The number of hydrogen-bond acceptors (Lipinski definition) is 3. The van der Waals surface area contributed by atoms with Crippen molar-refractivity contribution in [2.24, 2.45) is 0 Å². The third kappa shape index (κ3) is 1.62. The van der Waals surface area contributed by atoms with Crippen LogP contribution in [0.3, 0.4) is 0 Å². The van der Waals surface area contributed by atoms with Gasteiger partial charge in [0.1, 0.15) is 5.82 Å². The fourth-order valence-electron chi connectivity index (χ4n) is 1.25. The molecule has 0 aromatic carbocycles. The summed E-state index contributed by atoms with van der Waals surface area (Å²) in [6.07, 6.45) is 4.22. The van der Waals surface area contributed by atoms with Gasteiger partial charge in [-0.15, -0.1) is 10.2 Å². The molecule has 5 heteroatoms.